The van der Waals surface area contributed by atoms with E-state index in [0.717, 1.165) is 23.6 Å². The smallest absolute Gasteiger partial charge is 0.122 e. The number of nitrogens with zero attached hydrogens (tertiary/aromatic N) is 1. The lowest BCUT2D eigenvalue weighted by Gasteiger charge is -2.21. The molecule has 0 aliphatic heterocycles. The second-order valence-electron chi connectivity index (χ2n) is 5.65. The highest BCUT2D eigenvalue weighted by atomic mass is 16.5. The monoisotopic (exact) mass is 315 g/mol. The molecule has 2 aromatic rings. The summed E-state index contributed by atoms with van der Waals surface area (Å²) >= 11 is 0. The topological polar surface area (TPSA) is 41.9 Å². The van der Waals surface area contributed by atoms with Crippen LogP contribution in [0.4, 0.5) is 0 Å². The van der Waals surface area contributed by atoms with E-state index in [-0.39, 0.29) is 6.61 Å². The van der Waals surface area contributed by atoms with Crippen molar-refractivity contribution in [2.75, 3.05) is 33.4 Å². The molecule has 124 valence electrons. The molecule has 0 fully saturated rings. The average Bonchev–Trinajstić information content (AvgIpc) is 2.55. The van der Waals surface area contributed by atoms with Crippen LogP contribution < -0.4 is 9.47 Å². The summed E-state index contributed by atoms with van der Waals surface area (Å²) in [7, 11) is 1.96. The summed E-state index contributed by atoms with van der Waals surface area (Å²) in [5.74, 6) is 1.69. The maximum absolute atomic E-state index is 10.1. The molecule has 0 saturated heterocycles. The molecule has 2 rings (SSSR count). The van der Waals surface area contributed by atoms with Gasteiger partial charge in [0.25, 0.3) is 0 Å². The lowest BCUT2D eigenvalue weighted by Crippen LogP contribution is -2.35. The maximum atomic E-state index is 10.1. The van der Waals surface area contributed by atoms with E-state index in [9.17, 15) is 5.11 Å². The van der Waals surface area contributed by atoms with Crippen molar-refractivity contribution >= 4 is 0 Å². The van der Waals surface area contributed by atoms with Crippen LogP contribution in [0.3, 0.4) is 0 Å². The van der Waals surface area contributed by atoms with Gasteiger partial charge in [-0.2, -0.15) is 0 Å². The number of hydrogen-bond acceptors (Lipinski definition) is 4. The van der Waals surface area contributed by atoms with E-state index in [1.54, 1.807) is 0 Å². The van der Waals surface area contributed by atoms with Crippen molar-refractivity contribution in [2.45, 2.75) is 13.0 Å². The number of aryl methyl sites for hydroxylation is 1. The molecular formula is C19H25NO3. The van der Waals surface area contributed by atoms with E-state index in [1.807, 2.05) is 73.5 Å². The molecule has 0 amide bonds. The maximum Gasteiger partial charge on any atom is 0.122 e. The van der Waals surface area contributed by atoms with Gasteiger partial charge in [-0.1, -0.05) is 36.4 Å². The first-order chi connectivity index (χ1) is 11.1. The molecular weight excluding hydrogens is 290 g/mol. The Kier molecular flexibility index (Phi) is 6.91. The standard InChI is InChI=1S/C19H25NO3/c1-16-8-6-7-11-19(16)23-15-17(21)14-20(2)12-13-22-18-9-4-3-5-10-18/h3-11,17,21H,12-15H2,1-2H3. The van der Waals surface area contributed by atoms with E-state index < -0.39 is 6.10 Å². The summed E-state index contributed by atoms with van der Waals surface area (Å²) in [5, 5.41) is 10.1. The van der Waals surface area contributed by atoms with Gasteiger partial charge in [0, 0.05) is 13.1 Å². The molecule has 0 heterocycles. The molecule has 0 spiro atoms. The summed E-state index contributed by atoms with van der Waals surface area (Å²) in [6.45, 7) is 4.16. The van der Waals surface area contributed by atoms with Gasteiger partial charge in [0.2, 0.25) is 0 Å². The van der Waals surface area contributed by atoms with Crippen LogP contribution in [0.15, 0.2) is 54.6 Å². The van der Waals surface area contributed by atoms with Crippen molar-refractivity contribution in [3.05, 3.63) is 60.2 Å². The van der Waals surface area contributed by atoms with Crippen LogP contribution in [-0.4, -0.2) is 49.5 Å². The highest BCUT2D eigenvalue weighted by Gasteiger charge is 2.10. The number of rotatable bonds is 9. The van der Waals surface area contributed by atoms with Gasteiger partial charge >= 0.3 is 0 Å². The molecule has 0 radical (unpaired) electrons. The van der Waals surface area contributed by atoms with E-state index in [0.29, 0.717) is 13.2 Å². The normalized spacial score (nSPS) is 12.2. The Hall–Kier alpha value is -2.04. The highest BCUT2D eigenvalue weighted by Crippen LogP contribution is 2.16. The minimum atomic E-state index is -0.531. The number of likely N-dealkylation sites (N-methyl/N-ethyl adjacent to an activating group) is 1. The lowest BCUT2D eigenvalue weighted by atomic mass is 10.2. The number of hydrogen-bond donors (Lipinski definition) is 1. The molecule has 23 heavy (non-hydrogen) atoms. The molecule has 1 atom stereocenters. The largest absolute Gasteiger partial charge is 0.492 e. The van der Waals surface area contributed by atoms with Gasteiger partial charge in [-0.05, 0) is 37.7 Å². The lowest BCUT2D eigenvalue weighted by molar-refractivity contribution is 0.0720. The summed E-state index contributed by atoms with van der Waals surface area (Å²) in [6.07, 6.45) is -0.531. The predicted molar refractivity (Wildman–Crippen MR) is 92.1 cm³/mol. The second-order valence-corrected chi connectivity index (χ2v) is 5.65. The zero-order valence-corrected chi connectivity index (χ0v) is 13.8. The first kappa shape index (κ1) is 17.3. The van der Waals surface area contributed by atoms with Gasteiger partial charge in [-0.15, -0.1) is 0 Å². The number of benzene rings is 2. The van der Waals surface area contributed by atoms with E-state index >= 15 is 0 Å². The number of aliphatic hydroxyl groups is 1. The van der Waals surface area contributed by atoms with E-state index in [1.165, 1.54) is 0 Å². The van der Waals surface area contributed by atoms with Crippen molar-refractivity contribution < 1.29 is 14.6 Å². The molecule has 0 aliphatic carbocycles. The number of para-hydroxylation sites is 2. The summed E-state index contributed by atoms with van der Waals surface area (Å²) in [6, 6.07) is 17.5. The number of aliphatic hydroxyl groups excluding tert-OH is 1. The Balaban J connectivity index is 1.64. The van der Waals surface area contributed by atoms with Crippen LogP contribution in [0, 0.1) is 6.92 Å². The quantitative estimate of drug-likeness (QED) is 0.772. The van der Waals surface area contributed by atoms with Crippen LogP contribution >= 0.6 is 0 Å². The van der Waals surface area contributed by atoms with Crippen molar-refractivity contribution in [2.24, 2.45) is 0 Å². The molecule has 0 aromatic heterocycles. The van der Waals surface area contributed by atoms with Crippen LogP contribution in [0.2, 0.25) is 0 Å². The van der Waals surface area contributed by atoms with Crippen LogP contribution in [0.25, 0.3) is 0 Å². The zero-order valence-electron chi connectivity index (χ0n) is 13.8. The number of ether oxygens (including phenoxy) is 2. The van der Waals surface area contributed by atoms with Gasteiger partial charge in [-0.3, -0.25) is 0 Å². The molecule has 0 saturated carbocycles. The van der Waals surface area contributed by atoms with Gasteiger partial charge in [0.15, 0.2) is 0 Å². The fraction of sp³-hybridized carbons (Fsp3) is 0.368. The molecule has 0 aliphatic rings. The van der Waals surface area contributed by atoms with Crippen LogP contribution in [-0.2, 0) is 0 Å². The average molecular weight is 315 g/mol. The van der Waals surface area contributed by atoms with Crippen molar-refractivity contribution in [3.8, 4) is 11.5 Å². The first-order valence-electron chi connectivity index (χ1n) is 7.88. The van der Waals surface area contributed by atoms with Gasteiger partial charge < -0.3 is 19.5 Å². The summed E-state index contributed by atoms with van der Waals surface area (Å²) in [4.78, 5) is 2.04. The summed E-state index contributed by atoms with van der Waals surface area (Å²) < 4.78 is 11.3. The minimum Gasteiger partial charge on any atom is -0.492 e. The molecule has 2 aromatic carbocycles. The highest BCUT2D eigenvalue weighted by molar-refractivity contribution is 5.31. The Morgan fingerprint density at radius 2 is 1.70 bits per heavy atom. The Morgan fingerprint density at radius 1 is 1.00 bits per heavy atom. The third-order valence-electron chi connectivity index (χ3n) is 3.53. The molecule has 0 bridgehead atoms. The predicted octanol–water partition coefficient (Wildman–Crippen LogP) is 2.75. The molecule has 1 N–H and O–H groups in total. The van der Waals surface area contributed by atoms with Crippen molar-refractivity contribution in [1.29, 1.82) is 0 Å². The Morgan fingerprint density at radius 3 is 2.43 bits per heavy atom. The third kappa shape index (κ3) is 6.30. The van der Waals surface area contributed by atoms with Crippen LogP contribution in [0.5, 0.6) is 11.5 Å². The SMILES string of the molecule is Cc1ccccc1OCC(O)CN(C)CCOc1ccccc1. The van der Waals surface area contributed by atoms with Gasteiger partial charge in [0.05, 0.1) is 0 Å². The second kappa shape index (κ2) is 9.18. The van der Waals surface area contributed by atoms with Crippen molar-refractivity contribution in [3.63, 3.8) is 0 Å². The molecule has 1 unspecified atom stereocenters. The van der Waals surface area contributed by atoms with Gasteiger partial charge in [-0.25, -0.2) is 0 Å². The van der Waals surface area contributed by atoms with E-state index in [2.05, 4.69) is 0 Å². The minimum absolute atomic E-state index is 0.286. The zero-order chi connectivity index (χ0) is 16.5. The molecule has 4 heteroatoms. The first-order valence-corrected chi connectivity index (χ1v) is 7.88. The fourth-order valence-corrected chi connectivity index (χ4v) is 2.24. The summed E-state index contributed by atoms with van der Waals surface area (Å²) in [5.41, 5.74) is 1.07. The molecule has 4 nitrogen and oxygen atoms in total. The van der Waals surface area contributed by atoms with Crippen molar-refractivity contribution in [1.82, 2.24) is 4.90 Å². The Labute approximate surface area is 138 Å². The van der Waals surface area contributed by atoms with Gasteiger partial charge in [0.1, 0.15) is 30.8 Å². The van der Waals surface area contributed by atoms with Crippen LogP contribution in [0.1, 0.15) is 5.56 Å². The van der Waals surface area contributed by atoms with E-state index in [4.69, 9.17) is 9.47 Å². The fourth-order valence-electron chi connectivity index (χ4n) is 2.24. The Bertz CT molecular complexity index is 574. The third-order valence-corrected chi connectivity index (χ3v) is 3.53.